The molecule has 1 aromatic carbocycles. The highest BCUT2D eigenvalue weighted by Gasteiger charge is 2.20. The average molecular weight is 288 g/mol. The summed E-state index contributed by atoms with van der Waals surface area (Å²) in [7, 11) is 1.60. The predicted molar refractivity (Wildman–Crippen MR) is 81.7 cm³/mol. The molecule has 0 fully saturated rings. The van der Waals surface area contributed by atoms with Crippen molar-refractivity contribution in [1.82, 2.24) is 10.2 Å². The van der Waals surface area contributed by atoms with E-state index in [0.29, 0.717) is 24.4 Å². The van der Waals surface area contributed by atoms with E-state index in [4.69, 9.17) is 10.5 Å². The molecule has 1 aromatic heterocycles. The van der Waals surface area contributed by atoms with E-state index in [1.807, 2.05) is 31.2 Å². The first-order chi connectivity index (χ1) is 10.2. The Kier molecular flexibility index (Phi) is 4.94. The van der Waals surface area contributed by atoms with E-state index in [1.165, 1.54) is 0 Å². The van der Waals surface area contributed by atoms with E-state index in [2.05, 4.69) is 10.2 Å². The highest BCUT2D eigenvalue weighted by atomic mass is 16.5. The van der Waals surface area contributed by atoms with Gasteiger partial charge < -0.3 is 15.4 Å². The monoisotopic (exact) mass is 288 g/mol. The first-order valence-electron chi connectivity index (χ1n) is 6.83. The van der Waals surface area contributed by atoms with Crippen LogP contribution in [0.3, 0.4) is 0 Å². The quantitative estimate of drug-likeness (QED) is 0.847. The summed E-state index contributed by atoms with van der Waals surface area (Å²) in [5.41, 5.74) is 7.68. The van der Waals surface area contributed by atoms with Crippen LogP contribution in [-0.2, 0) is 0 Å². The Morgan fingerprint density at radius 2 is 2.29 bits per heavy atom. The zero-order valence-corrected chi connectivity index (χ0v) is 12.3. The topological polar surface area (TPSA) is 84.2 Å². The number of hydrogen-bond acceptors (Lipinski definition) is 4. The number of benzene rings is 1. The van der Waals surface area contributed by atoms with Crippen LogP contribution in [0, 0.1) is 6.92 Å². The van der Waals surface area contributed by atoms with Gasteiger partial charge in [-0.15, -0.1) is 0 Å². The second kappa shape index (κ2) is 6.90. The van der Waals surface area contributed by atoms with Crippen molar-refractivity contribution in [2.45, 2.75) is 13.3 Å². The largest absolute Gasteiger partial charge is 0.497 e. The highest BCUT2D eigenvalue weighted by molar-refractivity contribution is 6.06. The SMILES string of the molecule is COc1cccc(N(CCCN)C(=O)c2cn[nH]c2C)c1. The van der Waals surface area contributed by atoms with E-state index < -0.39 is 0 Å². The molecular formula is C15H20N4O2. The van der Waals surface area contributed by atoms with E-state index in [0.717, 1.165) is 17.8 Å². The van der Waals surface area contributed by atoms with Gasteiger partial charge in [0.15, 0.2) is 0 Å². The van der Waals surface area contributed by atoms with Crippen LogP contribution in [0.15, 0.2) is 30.5 Å². The zero-order chi connectivity index (χ0) is 15.2. The second-order valence-corrected chi connectivity index (χ2v) is 4.71. The molecule has 0 unspecified atom stereocenters. The lowest BCUT2D eigenvalue weighted by atomic mass is 10.2. The first kappa shape index (κ1) is 15.1. The number of rotatable bonds is 6. The second-order valence-electron chi connectivity index (χ2n) is 4.71. The van der Waals surface area contributed by atoms with Crippen molar-refractivity contribution >= 4 is 11.6 Å². The van der Waals surface area contributed by atoms with Crippen LogP contribution in [-0.4, -0.2) is 36.3 Å². The fraction of sp³-hybridized carbons (Fsp3) is 0.333. The lowest BCUT2D eigenvalue weighted by Crippen LogP contribution is -2.33. The van der Waals surface area contributed by atoms with Crippen LogP contribution in [0.1, 0.15) is 22.5 Å². The van der Waals surface area contributed by atoms with Gasteiger partial charge in [-0.1, -0.05) is 6.07 Å². The van der Waals surface area contributed by atoms with Crippen LogP contribution in [0.4, 0.5) is 5.69 Å². The van der Waals surface area contributed by atoms with Crippen molar-refractivity contribution in [3.05, 3.63) is 41.7 Å². The molecule has 1 amide bonds. The van der Waals surface area contributed by atoms with E-state index in [-0.39, 0.29) is 5.91 Å². The maximum Gasteiger partial charge on any atom is 0.261 e. The maximum atomic E-state index is 12.7. The van der Waals surface area contributed by atoms with E-state index >= 15 is 0 Å². The molecule has 6 heteroatoms. The third-order valence-electron chi connectivity index (χ3n) is 3.26. The highest BCUT2D eigenvalue weighted by Crippen LogP contribution is 2.23. The van der Waals surface area contributed by atoms with Crippen molar-refractivity contribution in [3.63, 3.8) is 0 Å². The van der Waals surface area contributed by atoms with Crippen LogP contribution in [0.2, 0.25) is 0 Å². The minimum absolute atomic E-state index is 0.0945. The third kappa shape index (κ3) is 3.41. The summed E-state index contributed by atoms with van der Waals surface area (Å²) in [5, 5.41) is 6.70. The molecule has 0 saturated carbocycles. The van der Waals surface area contributed by atoms with Gasteiger partial charge in [0.2, 0.25) is 0 Å². The van der Waals surface area contributed by atoms with Gasteiger partial charge in [-0.3, -0.25) is 9.89 Å². The number of hydrogen-bond donors (Lipinski definition) is 2. The Balaban J connectivity index is 2.33. The van der Waals surface area contributed by atoms with E-state index in [9.17, 15) is 4.79 Å². The van der Waals surface area contributed by atoms with Gasteiger partial charge in [0.05, 0.1) is 18.9 Å². The molecule has 21 heavy (non-hydrogen) atoms. The fourth-order valence-electron chi connectivity index (χ4n) is 2.09. The first-order valence-corrected chi connectivity index (χ1v) is 6.83. The lowest BCUT2D eigenvalue weighted by molar-refractivity contribution is 0.0986. The number of carbonyl (C=O) groups is 1. The molecule has 0 aliphatic rings. The van der Waals surface area contributed by atoms with E-state index in [1.54, 1.807) is 18.2 Å². The Morgan fingerprint density at radius 3 is 2.90 bits per heavy atom. The smallest absolute Gasteiger partial charge is 0.261 e. The molecule has 2 aromatic rings. The minimum Gasteiger partial charge on any atom is -0.497 e. The predicted octanol–water partition coefficient (Wildman–Crippen LogP) is 1.72. The number of methoxy groups -OCH3 is 1. The molecule has 0 spiro atoms. The van der Waals surface area contributed by atoms with Crippen molar-refractivity contribution in [3.8, 4) is 5.75 Å². The van der Waals surface area contributed by atoms with Gasteiger partial charge in [-0.05, 0) is 32.0 Å². The summed E-state index contributed by atoms with van der Waals surface area (Å²) < 4.78 is 5.22. The molecule has 6 nitrogen and oxygen atoms in total. The summed E-state index contributed by atoms with van der Waals surface area (Å²) in [6.07, 6.45) is 2.27. The normalized spacial score (nSPS) is 10.4. The molecule has 2 rings (SSSR count). The minimum atomic E-state index is -0.0945. The molecule has 0 bridgehead atoms. The van der Waals surface area contributed by atoms with Crippen LogP contribution in [0.25, 0.3) is 0 Å². The molecule has 0 atom stereocenters. The number of aromatic amines is 1. The Bertz CT molecular complexity index is 609. The summed E-state index contributed by atoms with van der Waals surface area (Å²) in [6, 6.07) is 7.42. The van der Waals surface area contributed by atoms with Gasteiger partial charge in [-0.25, -0.2) is 0 Å². The van der Waals surface area contributed by atoms with Crippen molar-refractivity contribution in [2.24, 2.45) is 5.73 Å². The number of anilines is 1. The molecule has 0 aliphatic carbocycles. The van der Waals surface area contributed by atoms with Gasteiger partial charge in [0.1, 0.15) is 5.75 Å². The van der Waals surface area contributed by atoms with Gasteiger partial charge in [0.25, 0.3) is 5.91 Å². The standard InChI is InChI=1S/C15H20N4O2/c1-11-14(10-17-18-11)15(20)19(8-4-7-16)12-5-3-6-13(9-12)21-2/h3,5-6,9-10H,4,7-8,16H2,1-2H3,(H,17,18). The maximum absolute atomic E-state index is 12.7. The molecule has 3 N–H and O–H groups in total. The van der Waals surface area contributed by atoms with Crippen molar-refractivity contribution in [1.29, 1.82) is 0 Å². The number of aryl methyl sites for hydroxylation is 1. The lowest BCUT2D eigenvalue weighted by Gasteiger charge is -2.23. The van der Waals surface area contributed by atoms with Gasteiger partial charge >= 0.3 is 0 Å². The molecule has 0 saturated heterocycles. The zero-order valence-electron chi connectivity index (χ0n) is 12.3. The average Bonchev–Trinajstić information content (AvgIpc) is 2.94. The van der Waals surface area contributed by atoms with Gasteiger partial charge in [0, 0.05) is 24.0 Å². The number of nitrogens with one attached hydrogen (secondary N) is 1. The van der Waals surface area contributed by atoms with Crippen LogP contribution in [0.5, 0.6) is 5.75 Å². The summed E-state index contributed by atoms with van der Waals surface area (Å²) in [5.74, 6) is 0.616. The third-order valence-corrected chi connectivity index (χ3v) is 3.26. The number of H-pyrrole nitrogens is 1. The summed E-state index contributed by atoms with van der Waals surface area (Å²) >= 11 is 0. The number of amides is 1. The number of carbonyl (C=O) groups excluding carboxylic acids is 1. The summed E-state index contributed by atoms with van der Waals surface area (Å²) in [6.45, 7) is 2.90. The number of nitrogens with two attached hydrogens (primary N) is 1. The Labute approximate surface area is 123 Å². The van der Waals surface area contributed by atoms with Gasteiger partial charge in [-0.2, -0.15) is 5.10 Å². The molecule has 1 heterocycles. The Hall–Kier alpha value is -2.34. The molecule has 112 valence electrons. The Morgan fingerprint density at radius 1 is 1.48 bits per heavy atom. The van der Waals surface area contributed by atoms with Crippen molar-refractivity contribution in [2.75, 3.05) is 25.1 Å². The number of nitrogens with zero attached hydrogens (tertiary/aromatic N) is 2. The van der Waals surface area contributed by atoms with Crippen LogP contribution < -0.4 is 15.4 Å². The summed E-state index contributed by atoms with van der Waals surface area (Å²) in [4.78, 5) is 14.4. The number of aromatic nitrogens is 2. The number of ether oxygens (including phenoxy) is 1. The fourth-order valence-corrected chi connectivity index (χ4v) is 2.09. The molecular weight excluding hydrogens is 268 g/mol. The van der Waals surface area contributed by atoms with Crippen molar-refractivity contribution < 1.29 is 9.53 Å². The molecule has 0 aliphatic heterocycles. The molecule has 0 radical (unpaired) electrons. The van der Waals surface area contributed by atoms with Crippen LogP contribution >= 0.6 is 0 Å².